The van der Waals surface area contributed by atoms with E-state index in [-0.39, 0.29) is 5.91 Å². The molecule has 5 heteroatoms. The van der Waals surface area contributed by atoms with E-state index in [1.807, 2.05) is 13.0 Å². The molecular weight excluding hydrogens is 282 g/mol. The van der Waals surface area contributed by atoms with Gasteiger partial charge >= 0.3 is 0 Å². The minimum atomic E-state index is -0.0225. The fourth-order valence-electron chi connectivity index (χ4n) is 1.50. The SMILES string of the molecule is COc1cc(Cl)c(C)cc1NC(=O)CSCC(C)C. The van der Waals surface area contributed by atoms with Gasteiger partial charge in [-0.15, -0.1) is 0 Å². The first-order chi connectivity index (χ1) is 8.93. The largest absolute Gasteiger partial charge is 0.495 e. The molecular formula is C14H20ClNO2S. The van der Waals surface area contributed by atoms with Crippen molar-refractivity contribution >= 4 is 35.0 Å². The maximum absolute atomic E-state index is 11.8. The van der Waals surface area contributed by atoms with Gasteiger partial charge < -0.3 is 10.1 Å². The fourth-order valence-corrected chi connectivity index (χ4v) is 2.50. The Labute approximate surface area is 124 Å². The number of nitrogens with one attached hydrogen (secondary N) is 1. The van der Waals surface area contributed by atoms with Crippen molar-refractivity contribution in [3.8, 4) is 5.75 Å². The second-order valence-electron chi connectivity index (χ2n) is 4.76. The summed E-state index contributed by atoms with van der Waals surface area (Å²) < 4.78 is 5.22. The number of carbonyl (C=O) groups excluding carboxylic acids is 1. The van der Waals surface area contributed by atoms with Crippen LogP contribution in [0.3, 0.4) is 0 Å². The van der Waals surface area contributed by atoms with Crippen molar-refractivity contribution in [1.82, 2.24) is 0 Å². The van der Waals surface area contributed by atoms with Crippen LogP contribution in [0, 0.1) is 12.8 Å². The molecule has 1 amide bonds. The third-order valence-corrected chi connectivity index (χ3v) is 4.22. The van der Waals surface area contributed by atoms with Crippen LogP contribution in [0.2, 0.25) is 5.02 Å². The molecule has 3 nitrogen and oxygen atoms in total. The lowest BCUT2D eigenvalue weighted by Crippen LogP contribution is -2.15. The molecule has 0 aliphatic carbocycles. The second-order valence-corrected chi connectivity index (χ2v) is 6.20. The van der Waals surface area contributed by atoms with Crippen LogP contribution >= 0.6 is 23.4 Å². The van der Waals surface area contributed by atoms with Crippen LogP contribution in [-0.4, -0.2) is 24.5 Å². The molecule has 0 fully saturated rings. The first-order valence-corrected chi connectivity index (χ1v) is 7.69. The number of amides is 1. The zero-order chi connectivity index (χ0) is 14.4. The summed E-state index contributed by atoms with van der Waals surface area (Å²) in [6.07, 6.45) is 0. The summed E-state index contributed by atoms with van der Waals surface area (Å²) in [7, 11) is 1.56. The van der Waals surface area contributed by atoms with E-state index >= 15 is 0 Å². The van der Waals surface area contributed by atoms with E-state index in [4.69, 9.17) is 16.3 Å². The number of ether oxygens (including phenoxy) is 1. The Bertz CT molecular complexity index is 449. The van der Waals surface area contributed by atoms with E-state index in [1.54, 1.807) is 24.9 Å². The van der Waals surface area contributed by atoms with Gasteiger partial charge in [-0.25, -0.2) is 0 Å². The Kier molecular flexibility index (Phi) is 6.52. The lowest BCUT2D eigenvalue weighted by Gasteiger charge is -2.12. The highest BCUT2D eigenvalue weighted by molar-refractivity contribution is 7.99. The lowest BCUT2D eigenvalue weighted by molar-refractivity contribution is -0.113. The van der Waals surface area contributed by atoms with E-state index in [0.717, 1.165) is 11.3 Å². The molecule has 0 radical (unpaired) electrons. The highest BCUT2D eigenvalue weighted by atomic mass is 35.5. The molecule has 1 aromatic carbocycles. The van der Waals surface area contributed by atoms with Gasteiger partial charge in [-0.1, -0.05) is 25.4 Å². The molecule has 0 atom stereocenters. The average Bonchev–Trinajstić information content (AvgIpc) is 2.33. The van der Waals surface area contributed by atoms with E-state index in [2.05, 4.69) is 19.2 Å². The predicted octanol–water partition coefficient (Wildman–Crippen LogP) is 3.98. The Morgan fingerprint density at radius 3 is 2.74 bits per heavy atom. The van der Waals surface area contributed by atoms with Crippen molar-refractivity contribution in [2.45, 2.75) is 20.8 Å². The van der Waals surface area contributed by atoms with Crippen molar-refractivity contribution < 1.29 is 9.53 Å². The van der Waals surface area contributed by atoms with Crippen molar-refractivity contribution in [1.29, 1.82) is 0 Å². The summed E-state index contributed by atoms with van der Waals surface area (Å²) >= 11 is 7.65. The van der Waals surface area contributed by atoms with Gasteiger partial charge in [0.15, 0.2) is 0 Å². The predicted molar refractivity (Wildman–Crippen MR) is 83.5 cm³/mol. The first kappa shape index (κ1) is 16.2. The number of aryl methyl sites for hydroxylation is 1. The van der Waals surface area contributed by atoms with Gasteiger partial charge in [0.05, 0.1) is 18.6 Å². The molecule has 0 spiro atoms. The summed E-state index contributed by atoms with van der Waals surface area (Å²) in [5.41, 5.74) is 1.58. The standard InChI is InChI=1S/C14H20ClNO2S/c1-9(2)7-19-8-14(17)16-12-5-10(3)11(15)6-13(12)18-4/h5-6,9H,7-8H2,1-4H3,(H,16,17). The Morgan fingerprint density at radius 1 is 1.47 bits per heavy atom. The van der Waals surface area contributed by atoms with Gasteiger partial charge in [-0.3, -0.25) is 4.79 Å². The highest BCUT2D eigenvalue weighted by Gasteiger charge is 2.10. The molecule has 19 heavy (non-hydrogen) atoms. The third kappa shape index (κ3) is 5.33. The third-order valence-electron chi connectivity index (χ3n) is 2.44. The number of carbonyl (C=O) groups is 1. The molecule has 0 bridgehead atoms. The van der Waals surface area contributed by atoms with Crippen LogP contribution in [0.4, 0.5) is 5.69 Å². The van der Waals surface area contributed by atoms with E-state index < -0.39 is 0 Å². The minimum Gasteiger partial charge on any atom is -0.495 e. The van der Waals surface area contributed by atoms with Gasteiger partial charge in [-0.2, -0.15) is 11.8 Å². The van der Waals surface area contributed by atoms with Crippen molar-refractivity contribution in [3.05, 3.63) is 22.7 Å². The minimum absolute atomic E-state index is 0.0225. The smallest absolute Gasteiger partial charge is 0.234 e. The topological polar surface area (TPSA) is 38.3 Å². The quantitative estimate of drug-likeness (QED) is 0.863. The molecule has 1 rings (SSSR count). The fraction of sp³-hybridized carbons (Fsp3) is 0.500. The van der Waals surface area contributed by atoms with Crippen molar-refractivity contribution in [2.75, 3.05) is 23.9 Å². The van der Waals surface area contributed by atoms with Crippen LogP contribution in [0.5, 0.6) is 5.75 Å². The molecule has 0 aliphatic heterocycles. The molecule has 0 aliphatic rings. The zero-order valence-electron chi connectivity index (χ0n) is 11.7. The van der Waals surface area contributed by atoms with Gasteiger partial charge in [-0.05, 0) is 30.2 Å². The van der Waals surface area contributed by atoms with E-state index in [9.17, 15) is 4.79 Å². The van der Waals surface area contributed by atoms with Gasteiger partial charge in [0.25, 0.3) is 0 Å². The molecule has 0 aromatic heterocycles. The lowest BCUT2D eigenvalue weighted by atomic mass is 10.2. The maximum atomic E-state index is 11.8. The van der Waals surface area contributed by atoms with Crippen molar-refractivity contribution in [2.24, 2.45) is 5.92 Å². The zero-order valence-corrected chi connectivity index (χ0v) is 13.3. The van der Waals surface area contributed by atoms with Crippen LogP contribution in [-0.2, 0) is 4.79 Å². The maximum Gasteiger partial charge on any atom is 0.234 e. The number of halogens is 1. The number of hydrogen-bond acceptors (Lipinski definition) is 3. The Balaban J connectivity index is 2.65. The second kappa shape index (κ2) is 7.65. The van der Waals surface area contributed by atoms with Gasteiger partial charge in [0.1, 0.15) is 5.75 Å². The summed E-state index contributed by atoms with van der Waals surface area (Å²) in [5, 5.41) is 3.49. The van der Waals surface area contributed by atoms with Gasteiger partial charge in [0.2, 0.25) is 5.91 Å². The normalized spacial score (nSPS) is 10.6. The molecule has 0 heterocycles. The Hall–Kier alpha value is -0.870. The molecule has 106 valence electrons. The Morgan fingerprint density at radius 2 is 2.16 bits per heavy atom. The van der Waals surface area contributed by atoms with Crippen LogP contribution in [0.1, 0.15) is 19.4 Å². The summed E-state index contributed by atoms with van der Waals surface area (Å²) in [5.74, 6) is 2.57. The van der Waals surface area contributed by atoms with Crippen LogP contribution in [0.15, 0.2) is 12.1 Å². The molecule has 0 saturated carbocycles. The molecule has 1 N–H and O–H groups in total. The summed E-state index contributed by atoms with van der Waals surface area (Å²) in [6.45, 7) is 6.16. The van der Waals surface area contributed by atoms with Crippen LogP contribution in [0.25, 0.3) is 0 Å². The van der Waals surface area contributed by atoms with Gasteiger partial charge in [0, 0.05) is 11.1 Å². The number of rotatable bonds is 6. The highest BCUT2D eigenvalue weighted by Crippen LogP contribution is 2.31. The van der Waals surface area contributed by atoms with Crippen molar-refractivity contribution in [3.63, 3.8) is 0 Å². The number of hydrogen-bond donors (Lipinski definition) is 1. The average molecular weight is 302 g/mol. The number of thioether (sulfide) groups is 1. The number of anilines is 1. The molecule has 0 saturated heterocycles. The molecule has 0 unspecified atom stereocenters. The number of methoxy groups -OCH3 is 1. The first-order valence-electron chi connectivity index (χ1n) is 6.15. The molecule has 1 aromatic rings. The van der Waals surface area contributed by atoms with Crippen LogP contribution < -0.4 is 10.1 Å². The monoisotopic (exact) mass is 301 g/mol. The van der Waals surface area contributed by atoms with E-state index in [0.29, 0.717) is 28.1 Å². The summed E-state index contributed by atoms with van der Waals surface area (Å²) in [4.78, 5) is 11.8. The summed E-state index contributed by atoms with van der Waals surface area (Å²) in [6, 6.07) is 3.54. The van der Waals surface area contributed by atoms with E-state index in [1.165, 1.54) is 0 Å². The number of benzene rings is 1.